The maximum Gasteiger partial charge on any atom is 0.0327 e. The molecular weight excluding hydrogens is 308 g/mol. The van der Waals surface area contributed by atoms with Gasteiger partial charge in [-0.2, -0.15) is 0 Å². The van der Waals surface area contributed by atoms with Crippen LogP contribution < -0.4 is 5.32 Å². The third kappa shape index (κ3) is 4.65. The van der Waals surface area contributed by atoms with E-state index in [2.05, 4.69) is 44.5 Å². The van der Waals surface area contributed by atoms with Crippen molar-refractivity contribution in [1.29, 1.82) is 0 Å². The number of piperidine rings is 1. The number of halogens is 1. The van der Waals surface area contributed by atoms with E-state index >= 15 is 0 Å². The number of hydrogen-bond donors (Lipinski definition) is 1. The summed E-state index contributed by atoms with van der Waals surface area (Å²) in [6.07, 6.45) is 4.03. The summed E-state index contributed by atoms with van der Waals surface area (Å²) in [6, 6.07) is 2.12. The standard InChI is InChI=1S/C14H23BrN2S/c1-12-3-8-17(9-4-12)7-2-6-16-11-14-13(15)5-10-18-14/h5,10,12,16H,2-4,6-9,11H2,1H3. The quantitative estimate of drug-likeness (QED) is 0.799. The second-order valence-electron chi connectivity index (χ2n) is 5.25. The van der Waals surface area contributed by atoms with Crippen LogP contribution in [-0.4, -0.2) is 31.1 Å². The van der Waals surface area contributed by atoms with Crippen LogP contribution in [0.1, 0.15) is 31.1 Å². The Balaban J connectivity index is 1.53. The molecule has 0 radical (unpaired) electrons. The highest BCUT2D eigenvalue weighted by atomic mass is 79.9. The Morgan fingerprint density at radius 1 is 1.44 bits per heavy atom. The fourth-order valence-electron chi connectivity index (χ4n) is 2.37. The highest BCUT2D eigenvalue weighted by molar-refractivity contribution is 9.10. The van der Waals surface area contributed by atoms with Gasteiger partial charge in [-0.3, -0.25) is 0 Å². The lowest BCUT2D eigenvalue weighted by molar-refractivity contribution is 0.190. The summed E-state index contributed by atoms with van der Waals surface area (Å²) in [5.41, 5.74) is 0. The molecule has 0 unspecified atom stereocenters. The lowest BCUT2D eigenvalue weighted by Crippen LogP contribution is -2.34. The summed E-state index contributed by atoms with van der Waals surface area (Å²) in [6.45, 7) is 8.35. The van der Waals surface area contributed by atoms with Gasteiger partial charge in [0.05, 0.1) is 0 Å². The van der Waals surface area contributed by atoms with Gasteiger partial charge in [0, 0.05) is 15.9 Å². The van der Waals surface area contributed by atoms with Gasteiger partial charge < -0.3 is 10.2 Å². The molecule has 0 spiro atoms. The van der Waals surface area contributed by atoms with Gasteiger partial charge in [0.2, 0.25) is 0 Å². The molecule has 2 heterocycles. The van der Waals surface area contributed by atoms with Crippen molar-refractivity contribution in [3.05, 3.63) is 20.8 Å². The summed E-state index contributed by atoms with van der Waals surface area (Å²) >= 11 is 5.38. The smallest absolute Gasteiger partial charge is 0.0327 e. The van der Waals surface area contributed by atoms with E-state index in [-0.39, 0.29) is 0 Å². The molecule has 0 atom stereocenters. The Labute approximate surface area is 123 Å². The number of thiophene rings is 1. The Hall–Kier alpha value is 0.100. The summed E-state index contributed by atoms with van der Waals surface area (Å²) < 4.78 is 1.24. The minimum absolute atomic E-state index is 0.940. The van der Waals surface area contributed by atoms with Crippen LogP contribution >= 0.6 is 27.3 Å². The van der Waals surface area contributed by atoms with Crippen molar-refractivity contribution in [1.82, 2.24) is 10.2 Å². The molecule has 4 heteroatoms. The van der Waals surface area contributed by atoms with Crippen molar-refractivity contribution in [2.24, 2.45) is 5.92 Å². The molecule has 0 saturated carbocycles. The highest BCUT2D eigenvalue weighted by Gasteiger charge is 2.14. The van der Waals surface area contributed by atoms with Gasteiger partial charge in [-0.15, -0.1) is 11.3 Å². The van der Waals surface area contributed by atoms with Crippen molar-refractivity contribution in [3.8, 4) is 0 Å². The van der Waals surface area contributed by atoms with Crippen molar-refractivity contribution in [2.75, 3.05) is 26.2 Å². The van der Waals surface area contributed by atoms with Crippen LogP contribution in [0.2, 0.25) is 0 Å². The molecule has 1 aliphatic heterocycles. The molecule has 0 aromatic carbocycles. The zero-order chi connectivity index (χ0) is 12.8. The maximum atomic E-state index is 3.57. The van der Waals surface area contributed by atoms with Crippen LogP contribution in [0.25, 0.3) is 0 Å². The van der Waals surface area contributed by atoms with Crippen molar-refractivity contribution >= 4 is 27.3 Å². The summed E-state index contributed by atoms with van der Waals surface area (Å²) in [4.78, 5) is 4.02. The van der Waals surface area contributed by atoms with Crippen LogP contribution in [0.4, 0.5) is 0 Å². The molecule has 2 nitrogen and oxygen atoms in total. The van der Waals surface area contributed by atoms with Crippen molar-refractivity contribution in [2.45, 2.75) is 32.7 Å². The number of nitrogens with zero attached hydrogens (tertiary/aromatic N) is 1. The van der Waals surface area contributed by atoms with Crippen LogP contribution in [0.15, 0.2) is 15.9 Å². The first-order chi connectivity index (χ1) is 8.75. The summed E-state index contributed by atoms with van der Waals surface area (Å²) in [5.74, 6) is 0.940. The van der Waals surface area contributed by atoms with E-state index in [0.29, 0.717) is 0 Å². The maximum absolute atomic E-state index is 3.57. The number of likely N-dealkylation sites (tertiary alicyclic amines) is 1. The lowest BCUT2D eigenvalue weighted by Gasteiger charge is -2.30. The first kappa shape index (κ1) is 14.5. The molecular formula is C14H23BrN2S. The Kier molecular flexibility index (Phi) is 6.15. The van der Waals surface area contributed by atoms with Gasteiger partial charge in [0.1, 0.15) is 0 Å². The first-order valence-electron chi connectivity index (χ1n) is 6.90. The van der Waals surface area contributed by atoms with Gasteiger partial charge in [0.25, 0.3) is 0 Å². The van der Waals surface area contributed by atoms with E-state index in [0.717, 1.165) is 19.0 Å². The second-order valence-corrected chi connectivity index (χ2v) is 7.10. The number of hydrogen-bond acceptors (Lipinski definition) is 3. The zero-order valence-electron chi connectivity index (χ0n) is 11.1. The monoisotopic (exact) mass is 330 g/mol. The molecule has 18 heavy (non-hydrogen) atoms. The fraction of sp³-hybridized carbons (Fsp3) is 0.714. The Morgan fingerprint density at radius 2 is 2.22 bits per heavy atom. The number of rotatable bonds is 6. The van der Waals surface area contributed by atoms with E-state index in [1.165, 1.54) is 48.2 Å². The molecule has 1 N–H and O–H groups in total. The van der Waals surface area contributed by atoms with E-state index < -0.39 is 0 Å². The van der Waals surface area contributed by atoms with E-state index in [9.17, 15) is 0 Å². The molecule has 0 amide bonds. The molecule has 1 saturated heterocycles. The predicted octanol–water partition coefficient (Wildman–Crippen LogP) is 3.72. The van der Waals surface area contributed by atoms with E-state index in [4.69, 9.17) is 0 Å². The minimum atomic E-state index is 0.940. The topological polar surface area (TPSA) is 15.3 Å². The third-order valence-electron chi connectivity index (χ3n) is 3.68. The largest absolute Gasteiger partial charge is 0.312 e. The summed E-state index contributed by atoms with van der Waals surface area (Å²) in [5, 5.41) is 5.67. The molecule has 1 aromatic rings. The molecule has 0 aliphatic carbocycles. The molecule has 1 aliphatic rings. The summed E-state index contributed by atoms with van der Waals surface area (Å²) in [7, 11) is 0. The molecule has 1 fully saturated rings. The lowest BCUT2D eigenvalue weighted by atomic mass is 9.99. The van der Waals surface area contributed by atoms with Crippen LogP contribution in [0, 0.1) is 5.92 Å². The van der Waals surface area contributed by atoms with Gasteiger partial charge in [-0.25, -0.2) is 0 Å². The molecule has 2 rings (SSSR count). The Bertz CT molecular complexity index is 345. The number of nitrogens with one attached hydrogen (secondary N) is 1. The third-order valence-corrected chi connectivity index (χ3v) is 5.61. The van der Waals surface area contributed by atoms with E-state index in [1.807, 2.05) is 11.3 Å². The Morgan fingerprint density at radius 3 is 2.89 bits per heavy atom. The molecule has 0 bridgehead atoms. The van der Waals surface area contributed by atoms with Crippen LogP contribution in [0.3, 0.4) is 0 Å². The first-order valence-corrected chi connectivity index (χ1v) is 8.58. The SMILES string of the molecule is CC1CCN(CCCNCc2sccc2Br)CC1. The van der Waals surface area contributed by atoms with Crippen LogP contribution in [0.5, 0.6) is 0 Å². The van der Waals surface area contributed by atoms with Gasteiger partial charge in [0.15, 0.2) is 0 Å². The van der Waals surface area contributed by atoms with E-state index in [1.54, 1.807) is 0 Å². The van der Waals surface area contributed by atoms with Gasteiger partial charge >= 0.3 is 0 Å². The molecule has 102 valence electrons. The minimum Gasteiger partial charge on any atom is -0.312 e. The fourth-order valence-corrected chi connectivity index (χ4v) is 3.83. The van der Waals surface area contributed by atoms with Crippen molar-refractivity contribution in [3.63, 3.8) is 0 Å². The van der Waals surface area contributed by atoms with Crippen molar-refractivity contribution < 1.29 is 0 Å². The zero-order valence-corrected chi connectivity index (χ0v) is 13.5. The average molecular weight is 331 g/mol. The highest BCUT2D eigenvalue weighted by Crippen LogP contribution is 2.22. The molecule has 1 aromatic heterocycles. The average Bonchev–Trinajstić information content (AvgIpc) is 2.77. The second kappa shape index (κ2) is 7.63. The normalized spacial score (nSPS) is 18.3. The van der Waals surface area contributed by atoms with Crippen LogP contribution in [-0.2, 0) is 6.54 Å². The van der Waals surface area contributed by atoms with Gasteiger partial charge in [-0.1, -0.05) is 6.92 Å². The predicted molar refractivity (Wildman–Crippen MR) is 83.2 cm³/mol. The van der Waals surface area contributed by atoms with Gasteiger partial charge in [-0.05, 0) is 78.7 Å².